The van der Waals surface area contributed by atoms with Gasteiger partial charge in [0.25, 0.3) is 5.91 Å². The quantitative estimate of drug-likeness (QED) is 0.690. The van der Waals surface area contributed by atoms with Crippen LogP contribution in [0.25, 0.3) is 11.3 Å². The summed E-state index contributed by atoms with van der Waals surface area (Å²) >= 11 is 7.19. The summed E-state index contributed by atoms with van der Waals surface area (Å²) in [6, 6.07) is 9.75. The zero-order valence-electron chi connectivity index (χ0n) is 13.0. The van der Waals surface area contributed by atoms with Gasteiger partial charge in [0, 0.05) is 24.3 Å². The molecule has 2 N–H and O–H groups in total. The molecule has 2 heterocycles. The number of carbonyl (C=O) groups excluding carboxylic acids is 1. The van der Waals surface area contributed by atoms with Crippen LogP contribution in [0.4, 0.5) is 5.13 Å². The number of anilines is 1. The number of hydrogen-bond donors (Lipinski definition) is 2. The lowest BCUT2D eigenvalue weighted by Gasteiger charge is -2.02. The number of hydrogen-bond acceptors (Lipinski definition) is 4. The molecule has 7 heteroatoms. The number of nitrogens with one attached hydrogen (secondary N) is 2. The van der Waals surface area contributed by atoms with E-state index in [1.54, 1.807) is 19.4 Å². The molecule has 0 spiro atoms. The van der Waals surface area contributed by atoms with Crippen LogP contribution in [0.2, 0.25) is 5.02 Å². The molecule has 3 aromatic rings. The van der Waals surface area contributed by atoms with Crippen molar-refractivity contribution in [2.75, 3.05) is 19.0 Å². The molecule has 0 bridgehead atoms. The van der Waals surface area contributed by atoms with Gasteiger partial charge in [-0.25, -0.2) is 4.98 Å². The summed E-state index contributed by atoms with van der Waals surface area (Å²) in [5.74, 6) is -0.266. The Balaban J connectivity index is 1.67. The number of thiazole rings is 1. The lowest BCUT2D eigenvalue weighted by Crippen LogP contribution is -2.11. The third-order valence-corrected chi connectivity index (χ3v) is 4.44. The molecule has 0 aliphatic carbocycles. The first-order valence-corrected chi connectivity index (χ1v) is 8.60. The molecule has 124 valence electrons. The highest BCUT2D eigenvalue weighted by atomic mass is 35.5. The molecule has 0 aliphatic heterocycles. The average Bonchev–Trinajstić information content (AvgIpc) is 3.22. The van der Waals surface area contributed by atoms with Crippen LogP contribution in [-0.4, -0.2) is 29.6 Å². The Kier molecular flexibility index (Phi) is 5.30. The SMILES string of the molecule is COCCc1ccc(-c2csc(NC(=O)c3cc(Cl)c[nH]3)n2)cc1. The Bertz CT molecular complexity index is 826. The summed E-state index contributed by atoms with van der Waals surface area (Å²) in [7, 11) is 1.70. The highest BCUT2D eigenvalue weighted by Gasteiger charge is 2.11. The average molecular weight is 362 g/mol. The number of ether oxygens (including phenoxy) is 1. The number of nitrogens with zero attached hydrogens (tertiary/aromatic N) is 1. The molecule has 0 unspecified atom stereocenters. The van der Waals surface area contributed by atoms with Crippen LogP contribution in [0, 0.1) is 0 Å². The molecule has 24 heavy (non-hydrogen) atoms. The summed E-state index contributed by atoms with van der Waals surface area (Å²) in [5.41, 5.74) is 3.46. The van der Waals surface area contributed by atoms with Crippen LogP contribution in [0.5, 0.6) is 0 Å². The minimum atomic E-state index is -0.266. The lowest BCUT2D eigenvalue weighted by molar-refractivity contribution is 0.102. The van der Waals surface area contributed by atoms with Crippen LogP contribution < -0.4 is 5.32 Å². The van der Waals surface area contributed by atoms with E-state index in [-0.39, 0.29) is 5.91 Å². The summed E-state index contributed by atoms with van der Waals surface area (Å²) in [4.78, 5) is 19.3. The van der Waals surface area contributed by atoms with Crippen molar-refractivity contribution in [1.29, 1.82) is 0 Å². The van der Waals surface area contributed by atoms with Crippen molar-refractivity contribution < 1.29 is 9.53 Å². The highest BCUT2D eigenvalue weighted by Crippen LogP contribution is 2.25. The van der Waals surface area contributed by atoms with E-state index in [9.17, 15) is 4.79 Å². The molecule has 0 fully saturated rings. The van der Waals surface area contributed by atoms with Crippen LogP contribution >= 0.6 is 22.9 Å². The predicted octanol–water partition coefficient (Wildman–Crippen LogP) is 4.23. The van der Waals surface area contributed by atoms with Crippen LogP contribution in [-0.2, 0) is 11.2 Å². The van der Waals surface area contributed by atoms with Crippen molar-refractivity contribution in [2.45, 2.75) is 6.42 Å². The number of halogens is 1. The summed E-state index contributed by atoms with van der Waals surface area (Å²) in [6.45, 7) is 0.703. The maximum Gasteiger partial charge on any atom is 0.273 e. The highest BCUT2D eigenvalue weighted by molar-refractivity contribution is 7.14. The minimum absolute atomic E-state index is 0.266. The molecule has 5 nitrogen and oxygen atoms in total. The van der Waals surface area contributed by atoms with Gasteiger partial charge < -0.3 is 9.72 Å². The number of carbonyl (C=O) groups is 1. The minimum Gasteiger partial charge on any atom is -0.384 e. The first-order valence-electron chi connectivity index (χ1n) is 7.35. The van der Waals surface area contributed by atoms with Crippen molar-refractivity contribution in [1.82, 2.24) is 9.97 Å². The Labute approximate surface area is 148 Å². The van der Waals surface area contributed by atoms with Crippen molar-refractivity contribution >= 4 is 34.0 Å². The fourth-order valence-electron chi connectivity index (χ4n) is 2.19. The number of benzene rings is 1. The maximum atomic E-state index is 12.1. The lowest BCUT2D eigenvalue weighted by atomic mass is 10.1. The fourth-order valence-corrected chi connectivity index (χ4v) is 3.07. The third kappa shape index (κ3) is 4.03. The van der Waals surface area contributed by atoms with Gasteiger partial charge in [0.1, 0.15) is 5.69 Å². The van der Waals surface area contributed by atoms with Crippen LogP contribution in [0.15, 0.2) is 41.9 Å². The standard InChI is InChI=1S/C17H16ClN3O2S/c1-23-7-6-11-2-4-12(5-3-11)15-10-24-17(20-15)21-16(22)14-8-13(18)9-19-14/h2-5,8-10,19H,6-7H2,1H3,(H,20,21,22). The second-order valence-corrected chi connectivity index (χ2v) is 6.46. The topological polar surface area (TPSA) is 67.0 Å². The molecule has 0 aliphatic rings. The Morgan fingerprint density at radius 3 is 2.83 bits per heavy atom. The third-order valence-electron chi connectivity index (χ3n) is 3.46. The van der Waals surface area contributed by atoms with Crippen molar-refractivity contribution in [2.24, 2.45) is 0 Å². The molecule has 1 amide bonds. The molecule has 0 atom stereocenters. The smallest absolute Gasteiger partial charge is 0.273 e. The summed E-state index contributed by atoms with van der Waals surface area (Å²) < 4.78 is 5.08. The fraction of sp³-hybridized carbons (Fsp3) is 0.176. The molecular formula is C17H16ClN3O2S. The largest absolute Gasteiger partial charge is 0.384 e. The molecular weight excluding hydrogens is 346 g/mol. The predicted molar refractivity (Wildman–Crippen MR) is 96.9 cm³/mol. The van der Waals surface area contributed by atoms with E-state index in [4.69, 9.17) is 16.3 Å². The van der Waals surface area contributed by atoms with Gasteiger partial charge in [0.15, 0.2) is 5.13 Å². The van der Waals surface area contributed by atoms with Gasteiger partial charge in [0.2, 0.25) is 0 Å². The van der Waals surface area contributed by atoms with E-state index in [0.29, 0.717) is 22.5 Å². The summed E-state index contributed by atoms with van der Waals surface area (Å²) in [6.07, 6.45) is 2.45. The first kappa shape index (κ1) is 16.7. The monoisotopic (exact) mass is 361 g/mol. The van der Waals surface area contributed by atoms with Gasteiger partial charge in [-0.15, -0.1) is 11.3 Å². The van der Waals surface area contributed by atoms with Gasteiger partial charge in [0.05, 0.1) is 17.3 Å². The van der Waals surface area contributed by atoms with Gasteiger partial charge in [-0.05, 0) is 18.1 Å². The number of aromatic amines is 1. The van der Waals surface area contributed by atoms with Gasteiger partial charge in [-0.2, -0.15) is 0 Å². The van der Waals surface area contributed by atoms with Crippen LogP contribution in [0.3, 0.4) is 0 Å². The molecule has 3 rings (SSSR count). The normalized spacial score (nSPS) is 10.8. The number of rotatable bonds is 6. The second-order valence-electron chi connectivity index (χ2n) is 5.16. The van der Waals surface area contributed by atoms with E-state index in [1.807, 2.05) is 17.5 Å². The molecule has 0 radical (unpaired) electrons. The zero-order valence-corrected chi connectivity index (χ0v) is 14.6. The Hall–Kier alpha value is -2.15. The molecule has 2 aromatic heterocycles. The Morgan fingerprint density at radius 2 is 2.17 bits per heavy atom. The van der Waals surface area contributed by atoms with E-state index in [0.717, 1.165) is 17.7 Å². The van der Waals surface area contributed by atoms with Crippen LogP contribution in [0.1, 0.15) is 16.1 Å². The molecule has 0 saturated heterocycles. The van der Waals surface area contributed by atoms with E-state index in [1.165, 1.54) is 16.9 Å². The van der Waals surface area contributed by atoms with Gasteiger partial charge in [-0.1, -0.05) is 35.9 Å². The number of methoxy groups -OCH3 is 1. The maximum absolute atomic E-state index is 12.1. The van der Waals surface area contributed by atoms with Crippen molar-refractivity contribution in [3.8, 4) is 11.3 Å². The van der Waals surface area contributed by atoms with Gasteiger partial charge >= 0.3 is 0 Å². The van der Waals surface area contributed by atoms with Crippen molar-refractivity contribution in [3.05, 3.63) is 58.2 Å². The molecule has 0 saturated carbocycles. The second kappa shape index (κ2) is 7.61. The van der Waals surface area contributed by atoms with Gasteiger partial charge in [-0.3, -0.25) is 10.1 Å². The van der Waals surface area contributed by atoms with E-state index < -0.39 is 0 Å². The summed E-state index contributed by atoms with van der Waals surface area (Å²) in [5, 5.41) is 5.72. The zero-order chi connectivity index (χ0) is 16.9. The van der Waals surface area contributed by atoms with E-state index >= 15 is 0 Å². The number of aromatic nitrogens is 2. The van der Waals surface area contributed by atoms with Crippen molar-refractivity contribution in [3.63, 3.8) is 0 Å². The number of H-pyrrole nitrogens is 1. The molecule has 1 aromatic carbocycles. The van der Waals surface area contributed by atoms with E-state index in [2.05, 4.69) is 27.4 Å². The number of amides is 1. The Morgan fingerprint density at radius 1 is 1.38 bits per heavy atom. The first-order chi connectivity index (χ1) is 11.7.